The Balaban J connectivity index is 1.83. The van der Waals surface area contributed by atoms with Crippen molar-refractivity contribution < 1.29 is 4.79 Å². The lowest BCUT2D eigenvalue weighted by atomic mass is 9.95. The van der Waals surface area contributed by atoms with Crippen LogP contribution in [0.25, 0.3) is 0 Å². The van der Waals surface area contributed by atoms with Crippen LogP contribution >= 0.6 is 12.2 Å². The SMILES string of the molecule is C[C@@H](NC(=O)C(=S)NC1CCCCC1)c1ccccc1. The van der Waals surface area contributed by atoms with Gasteiger partial charge in [-0.05, 0) is 25.3 Å². The number of nitrogens with one attached hydrogen (secondary N) is 2. The van der Waals surface area contributed by atoms with E-state index < -0.39 is 0 Å². The van der Waals surface area contributed by atoms with Gasteiger partial charge in [0, 0.05) is 6.04 Å². The van der Waals surface area contributed by atoms with Gasteiger partial charge in [-0.3, -0.25) is 4.79 Å². The first-order chi connectivity index (χ1) is 9.66. The van der Waals surface area contributed by atoms with E-state index in [1.807, 2.05) is 37.3 Å². The summed E-state index contributed by atoms with van der Waals surface area (Å²) in [6.45, 7) is 1.97. The molecule has 0 bridgehead atoms. The van der Waals surface area contributed by atoms with Crippen LogP contribution in [0.3, 0.4) is 0 Å². The van der Waals surface area contributed by atoms with Crippen molar-refractivity contribution >= 4 is 23.1 Å². The Morgan fingerprint density at radius 1 is 1.20 bits per heavy atom. The molecule has 0 aliphatic heterocycles. The number of amides is 1. The quantitative estimate of drug-likeness (QED) is 0.840. The van der Waals surface area contributed by atoms with Gasteiger partial charge in [0.2, 0.25) is 0 Å². The van der Waals surface area contributed by atoms with Crippen LogP contribution in [0.4, 0.5) is 0 Å². The van der Waals surface area contributed by atoms with Gasteiger partial charge in [-0.2, -0.15) is 0 Å². The molecular weight excluding hydrogens is 268 g/mol. The van der Waals surface area contributed by atoms with Crippen LogP contribution in [0.1, 0.15) is 50.6 Å². The maximum atomic E-state index is 12.1. The van der Waals surface area contributed by atoms with Gasteiger partial charge in [-0.1, -0.05) is 61.8 Å². The molecular formula is C16H22N2OS. The highest BCUT2D eigenvalue weighted by molar-refractivity contribution is 7.82. The molecule has 1 aliphatic rings. The average molecular weight is 290 g/mol. The lowest BCUT2D eigenvalue weighted by molar-refractivity contribution is -0.115. The molecule has 0 spiro atoms. The van der Waals surface area contributed by atoms with E-state index in [1.54, 1.807) is 0 Å². The first-order valence-corrected chi connectivity index (χ1v) is 7.74. The molecule has 1 amide bonds. The standard InChI is InChI=1S/C16H22N2OS/c1-12(13-8-4-2-5-9-13)17-15(19)16(20)18-14-10-6-3-7-11-14/h2,4-5,8-9,12,14H,3,6-7,10-11H2,1H3,(H,17,19)(H,18,20)/t12-/m1/s1. The van der Waals surface area contributed by atoms with Gasteiger partial charge in [-0.25, -0.2) is 0 Å². The first kappa shape index (κ1) is 15.0. The number of carbonyl (C=O) groups excluding carboxylic acids is 1. The number of hydrogen-bond acceptors (Lipinski definition) is 2. The molecule has 1 atom stereocenters. The van der Waals surface area contributed by atoms with E-state index in [2.05, 4.69) is 10.6 Å². The molecule has 4 heteroatoms. The minimum atomic E-state index is -0.179. The van der Waals surface area contributed by atoms with Gasteiger partial charge in [0.05, 0.1) is 6.04 Å². The van der Waals surface area contributed by atoms with E-state index >= 15 is 0 Å². The minimum Gasteiger partial charge on any atom is -0.369 e. The maximum absolute atomic E-state index is 12.1. The summed E-state index contributed by atoms with van der Waals surface area (Å²) in [5.74, 6) is -0.179. The summed E-state index contributed by atoms with van der Waals surface area (Å²) < 4.78 is 0. The highest BCUT2D eigenvalue weighted by Crippen LogP contribution is 2.17. The Morgan fingerprint density at radius 2 is 1.85 bits per heavy atom. The largest absolute Gasteiger partial charge is 0.369 e. The molecule has 1 saturated carbocycles. The second kappa shape index (κ2) is 7.39. The summed E-state index contributed by atoms with van der Waals surface area (Å²) in [5.41, 5.74) is 1.08. The van der Waals surface area contributed by atoms with E-state index in [1.165, 1.54) is 19.3 Å². The molecule has 1 aliphatic carbocycles. The van der Waals surface area contributed by atoms with Crippen LogP contribution in [-0.4, -0.2) is 16.9 Å². The monoisotopic (exact) mass is 290 g/mol. The normalized spacial score (nSPS) is 17.2. The average Bonchev–Trinajstić information content (AvgIpc) is 2.49. The van der Waals surface area contributed by atoms with E-state index in [0.29, 0.717) is 11.0 Å². The topological polar surface area (TPSA) is 41.1 Å². The third kappa shape index (κ3) is 4.30. The van der Waals surface area contributed by atoms with E-state index in [4.69, 9.17) is 12.2 Å². The summed E-state index contributed by atoms with van der Waals surface area (Å²) in [4.78, 5) is 12.4. The second-order valence-corrected chi connectivity index (χ2v) is 5.82. The van der Waals surface area contributed by atoms with Crippen molar-refractivity contribution in [1.29, 1.82) is 0 Å². The van der Waals surface area contributed by atoms with Crippen LogP contribution in [0.15, 0.2) is 30.3 Å². The molecule has 3 nitrogen and oxygen atoms in total. The third-order valence-corrected chi connectivity index (χ3v) is 4.10. The van der Waals surface area contributed by atoms with Crippen molar-refractivity contribution in [3.8, 4) is 0 Å². The van der Waals surface area contributed by atoms with Gasteiger partial charge in [0.15, 0.2) is 4.99 Å². The maximum Gasteiger partial charge on any atom is 0.279 e. The third-order valence-electron chi connectivity index (χ3n) is 3.79. The van der Waals surface area contributed by atoms with Gasteiger partial charge >= 0.3 is 0 Å². The molecule has 20 heavy (non-hydrogen) atoms. The molecule has 0 aromatic heterocycles. The zero-order valence-corrected chi connectivity index (χ0v) is 12.7. The number of rotatable bonds is 3. The zero-order chi connectivity index (χ0) is 14.4. The smallest absolute Gasteiger partial charge is 0.279 e. The highest BCUT2D eigenvalue weighted by Gasteiger charge is 2.18. The van der Waals surface area contributed by atoms with Crippen molar-refractivity contribution in [1.82, 2.24) is 10.6 Å². The fourth-order valence-electron chi connectivity index (χ4n) is 2.59. The van der Waals surface area contributed by atoms with Crippen LogP contribution in [0.5, 0.6) is 0 Å². The Kier molecular flexibility index (Phi) is 5.53. The van der Waals surface area contributed by atoms with Gasteiger partial charge in [0.25, 0.3) is 5.91 Å². The van der Waals surface area contributed by atoms with Crippen LogP contribution < -0.4 is 10.6 Å². The number of benzene rings is 1. The predicted octanol–water partition coefficient (Wildman–Crippen LogP) is 3.11. The van der Waals surface area contributed by atoms with Crippen molar-refractivity contribution in [3.63, 3.8) is 0 Å². The van der Waals surface area contributed by atoms with Crippen LogP contribution in [0.2, 0.25) is 0 Å². The summed E-state index contributed by atoms with van der Waals surface area (Å²) in [6, 6.07) is 10.2. The first-order valence-electron chi connectivity index (χ1n) is 7.33. The Morgan fingerprint density at radius 3 is 2.50 bits per heavy atom. The molecule has 1 fully saturated rings. The Hall–Kier alpha value is -1.42. The number of thiocarbonyl (C=S) groups is 1. The summed E-state index contributed by atoms with van der Waals surface area (Å²) in [6.07, 6.45) is 5.97. The van der Waals surface area contributed by atoms with E-state index in [0.717, 1.165) is 18.4 Å². The van der Waals surface area contributed by atoms with Gasteiger partial charge in [0.1, 0.15) is 0 Å². The fourth-order valence-corrected chi connectivity index (χ4v) is 2.81. The second-order valence-electron chi connectivity index (χ2n) is 5.41. The van der Waals surface area contributed by atoms with E-state index in [9.17, 15) is 4.79 Å². The molecule has 2 rings (SSSR count). The zero-order valence-electron chi connectivity index (χ0n) is 11.9. The molecule has 0 unspecified atom stereocenters. The van der Waals surface area contributed by atoms with Crippen molar-refractivity contribution in [3.05, 3.63) is 35.9 Å². The van der Waals surface area contributed by atoms with Crippen molar-refractivity contribution in [2.45, 2.75) is 51.1 Å². The van der Waals surface area contributed by atoms with Crippen LogP contribution in [0, 0.1) is 0 Å². The van der Waals surface area contributed by atoms with E-state index in [-0.39, 0.29) is 11.9 Å². The lowest BCUT2D eigenvalue weighted by Gasteiger charge is -2.24. The highest BCUT2D eigenvalue weighted by atomic mass is 32.1. The molecule has 0 saturated heterocycles. The van der Waals surface area contributed by atoms with Crippen molar-refractivity contribution in [2.75, 3.05) is 0 Å². The summed E-state index contributed by atoms with van der Waals surface area (Å²) in [5, 5.41) is 6.14. The number of hydrogen-bond donors (Lipinski definition) is 2. The van der Waals surface area contributed by atoms with Crippen LogP contribution in [-0.2, 0) is 4.79 Å². The number of carbonyl (C=O) groups is 1. The molecule has 1 aromatic rings. The van der Waals surface area contributed by atoms with Gasteiger partial charge in [-0.15, -0.1) is 0 Å². The Labute approximate surface area is 126 Å². The molecule has 0 heterocycles. The molecule has 1 aromatic carbocycles. The molecule has 108 valence electrons. The van der Waals surface area contributed by atoms with Crippen molar-refractivity contribution in [2.24, 2.45) is 0 Å². The molecule has 2 N–H and O–H groups in total. The molecule has 0 radical (unpaired) electrons. The summed E-state index contributed by atoms with van der Waals surface area (Å²) >= 11 is 5.20. The minimum absolute atomic E-state index is 0.0326. The predicted molar refractivity (Wildman–Crippen MR) is 85.6 cm³/mol. The fraction of sp³-hybridized carbons (Fsp3) is 0.500. The summed E-state index contributed by atoms with van der Waals surface area (Å²) in [7, 11) is 0. The van der Waals surface area contributed by atoms with Gasteiger partial charge < -0.3 is 10.6 Å². The lowest BCUT2D eigenvalue weighted by Crippen LogP contribution is -2.44. The Bertz CT molecular complexity index is 455.